The van der Waals surface area contributed by atoms with E-state index in [4.69, 9.17) is 4.74 Å². The highest BCUT2D eigenvalue weighted by atomic mass is 32.2. The number of anilines is 1. The molecule has 11 heteroatoms. The standard InChI is InChI=1S/C16H15F3N4O3S/c1-10-13(26-9-16(17,18)19)7-8-20-14(10)23(2)27(24,25)15-21-11-5-3-4-6-12(11)22-15/h3-8H,9H2,1-2H3,(H,21,22). The maximum atomic E-state index is 12.9. The third-order valence-electron chi connectivity index (χ3n) is 3.79. The van der Waals surface area contributed by atoms with E-state index in [9.17, 15) is 21.6 Å². The number of aromatic amines is 1. The van der Waals surface area contributed by atoms with E-state index in [0.717, 1.165) is 4.31 Å². The summed E-state index contributed by atoms with van der Waals surface area (Å²) in [4.78, 5) is 10.7. The second-order valence-corrected chi connectivity index (χ2v) is 7.58. The zero-order valence-electron chi connectivity index (χ0n) is 14.3. The van der Waals surface area contributed by atoms with Gasteiger partial charge >= 0.3 is 6.18 Å². The Balaban J connectivity index is 1.95. The molecule has 3 rings (SSSR count). The second kappa shape index (κ2) is 6.72. The van der Waals surface area contributed by atoms with Crippen molar-refractivity contribution < 1.29 is 26.3 Å². The van der Waals surface area contributed by atoms with Gasteiger partial charge < -0.3 is 9.72 Å². The van der Waals surface area contributed by atoms with Crippen molar-refractivity contribution in [3.05, 3.63) is 42.1 Å². The number of para-hydroxylation sites is 2. The fraction of sp³-hybridized carbons (Fsp3) is 0.250. The van der Waals surface area contributed by atoms with Crippen LogP contribution in [-0.2, 0) is 10.0 Å². The van der Waals surface area contributed by atoms with Gasteiger partial charge in [-0.15, -0.1) is 0 Å². The molecule has 144 valence electrons. The molecular formula is C16H15F3N4O3S. The van der Waals surface area contributed by atoms with Crippen LogP contribution in [-0.4, -0.2) is 43.2 Å². The van der Waals surface area contributed by atoms with Gasteiger partial charge in [-0.2, -0.15) is 21.6 Å². The summed E-state index contributed by atoms with van der Waals surface area (Å²) in [7, 11) is -2.87. The van der Waals surface area contributed by atoms with Crippen LogP contribution >= 0.6 is 0 Å². The van der Waals surface area contributed by atoms with Crippen molar-refractivity contribution in [1.29, 1.82) is 0 Å². The van der Waals surface area contributed by atoms with Gasteiger partial charge in [0.05, 0.1) is 11.0 Å². The number of hydrogen-bond donors (Lipinski definition) is 1. The number of nitrogens with zero attached hydrogens (tertiary/aromatic N) is 3. The van der Waals surface area contributed by atoms with Crippen LogP contribution in [0, 0.1) is 6.92 Å². The zero-order chi connectivity index (χ0) is 19.8. The van der Waals surface area contributed by atoms with Gasteiger partial charge in [-0.1, -0.05) is 12.1 Å². The van der Waals surface area contributed by atoms with Crippen LogP contribution < -0.4 is 9.04 Å². The molecule has 0 saturated heterocycles. The Morgan fingerprint density at radius 1 is 1.22 bits per heavy atom. The smallest absolute Gasteiger partial charge is 0.422 e. The number of hydrogen-bond acceptors (Lipinski definition) is 5. The van der Waals surface area contributed by atoms with Crippen molar-refractivity contribution >= 4 is 26.9 Å². The van der Waals surface area contributed by atoms with E-state index in [0.29, 0.717) is 11.0 Å². The largest absolute Gasteiger partial charge is 0.484 e. The molecule has 0 aliphatic heterocycles. The lowest BCUT2D eigenvalue weighted by Crippen LogP contribution is -2.29. The molecule has 27 heavy (non-hydrogen) atoms. The summed E-state index contributed by atoms with van der Waals surface area (Å²) in [5, 5.41) is -0.297. The molecule has 0 radical (unpaired) electrons. The van der Waals surface area contributed by atoms with E-state index in [1.807, 2.05) is 0 Å². The molecule has 0 spiro atoms. The van der Waals surface area contributed by atoms with Crippen LogP contribution in [0.15, 0.2) is 41.7 Å². The molecule has 2 aromatic heterocycles. The number of fused-ring (bicyclic) bond motifs is 1. The SMILES string of the molecule is Cc1c(OCC(F)(F)F)ccnc1N(C)S(=O)(=O)c1nc2ccccc2[nH]1. The first-order chi connectivity index (χ1) is 12.6. The van der Waals surface area contributed by atoms with Crippen LogP contribution in [0.5, 0.6) is 5.75 Å². The van der Waals surface area contributed by atoms with Crippen LogP contribution in [0.1, 0.15) is 5.56 Å². The van der Waals surface area contributed by atoms with E-state index in [1.54, 1.807) is 24.3 Å². The fourth-order valence-corrected chi connectivity index (χ4v) is 3.56. The molecule has 0 amide bonds. The van der Waals surface area contributed by atoms with Crippen LogP contribution in [0.4, 0.5) is 19.0 Å². The summed E-state index contributed by atoms with van der Waals surface area (Å²) in [5.74, 6) is -0.167. The highest BCUT2D eigenvalue weighted by Crippen LogP contribution is 2.30. The number of benzene rings is 1. The third kappa shape index (κ3) is 3.82. The number of aromatic nitrogens is 3. The lowest BCUT2D eigenvalue weighted by molar-refractivity contribution is -0.153. The van der Waals surface area contributed by atoms with Gasteiger partial charge in [-0.05, 0) is 25.1 Å². The van der Waals surface area contributed by atoms with Crippen molar-refractivity contribution in [2.45, 2.75) is 18.3 Å². The van der Waals surface area contributed by atoms with E-state index < -0.39 is 22.8 Å². The first kappa shape index (κ1) is 19.0. The number of H-pyrrole nitrogens is 1. The minimum absolute atomic E-state index is 0.0601. The number of imidazole rings is 1. The van der Waals surface area contributed by atoms with Crippen LogP contribution in [0.25, 0.3) is 11.0 Å². The fourth-order valence-electron chi connectivity index (χ4n) is 2.44. The highest BCUT2D eigenvalue weighted by molar-refractivity contribution is 7.92. The number of pyridine rings is 1. The van der Waals surface area contributed by atoms with Crippen molar-refractivity contribution in [3.8, 4) is 5.75 Å². The first-order valence-corrected chi connectivity index (χ1v) is 9.12. The lowest BCUT2D eigenvalue weighted by atomic mass is 10.2. The predicted molar refractivity (Wildman–Crippen MR) is 92.2 cm³/mol. The molecular weight excluding hydrogens is 385 g/mol. The predicted octanol–water partition coefficient (Wildman–Crippen LogP) is 3.03. The highest BCUT2D eigenvalue weighted by Gasteiger charge is 2.30. The molecule has 2 heterocycles. The molecule has 0 aliphatic carbocycles. The molecule has 0 unspecified atom stereocenters. The van der Waals surface area contributed by atoms with E-state index in [-0.39, 0.29) is 22.3 Å². The zero-order valence-corrected chi connectivity index (χ0v) is 15.1. The Hall–Kier alpha value is -2.82. The quantitative estimate of drug-likeness (QED) is 0.711. The number of ether oxygens (including phenoxy) is 1. The van der Waals surface area contributed by atoms with Crippen LogP contribution in [0.2, 0.25) is 0 Å². The molecule has 0 atom stereocenters. The maximum absolute atomic E-state index is 12.9. The monoisotopic (exact) mass is 400 g/mol. The molecule has 1 N–H and O–H groups in total. The normalized spacial score (nSPS) is 12.3. The molecule has 0 fully saturated rings. The van der Waals surface area contributed by atoms with Gasteiger partial charge in [0, 0.05) is 18.8 Å². The summed E-state index contributed by atoms with van der Waals surface area (Å²) in [6.07, 6.45) is -3.33. The Labute approximate surface area is 152 Å². The average Bonchev–Trinajstić information content (AvgIpc) is 3.04. The third-order valence-corrected chi connectivity index (χ3v) is 5.37. The van der Waals surface area contributed by atoms with Crippen molar-refractivity contribution in [2.75, 3.05) is 18.0 Å². The number of rotatable bonds is 5. The lowest BCUT2D eigenvalue weighted by Gasteiger charge is -2.20. The van der Waals surface area contributed by atoms with E-state index in [2.05, 4.69) is 15.0 Å². The minimum atomic E-state index is -4.51. The van der Waals surface area contributed by atoms with Gasteiger partial charge in [-0.3, -0.25) is 0 Å². The molecule has 0 saturated carbocycles. The summed E-state index contributed by atoms with van der Waals surface area (Å²) < 4.78 is 68.5. The Morgan fingerprint density at radius 2 is 1.93 bits per heavy atom. The number of alkyl halides is 3. The molecule has 0 aliphatic rings. The van der Waals surface area contributed by atoms with Crippen molar-refractivity contribution in [3.63, 3.8) is 0 Å². The van der Waals surface area contributed by atoms with Gasteiger partial charge in [-0.25, -0.2) is 14.3 Å². The summed E-state index contributed by atoms with van der Waals surface area (Å²) in [6, 6.07) is 8.02. The Kier molecular flexibility index (Phi) is 4.72. The summed E-state index contributed by atoms with van der Waals surface area (Å²) in [5.41, 5.74) is 1.16. The Morgan fingerprint density at radius 3 is 2.59 bits per heavy atom. The minimum Gasteiger partial charge on any atom is -0.484 e. The summed E-state index contributed by atoms with van der Waals surface area (Å²) in [6.45, 7) is -0.0595. The van der Waals surface area contributed by atoms with Gasteiger partial charge in [0.2, 0.25) is 5.16 Å². The van der Waals surface area contributed by atoms with E-state index in [1.165, 1.54) is 26.2 Å². The topological polar surface area (TPSA) is 88.2 Å². The molecule has 0 bridgehead atoms. The Bertz CT molecular complexity index is 1050. The maximum Gasteiger partial charge on any atom is 0.422 e. The first-order valence-electron chi connectivity index (χ1n) is 7.68. The molecule has 7 nitrogen and oxygen atoms in total. The number of sulfonamides is 1. The number of nitrogens with one attached hydrogen (secondary N) is 1. The molecule has 3 aromatic rings. The van der Waals surface area contributed by atoms with Gasteiger partial charge in [0.1, 0.15) is 11.6 Å². The van der Waals surface area contributed by atoms with Crippen molar-refractivity contribution in [1.82, 2.24) is 15.0 Å². The van der Waals surface area contributed by atoms with E-state index >= 15 is 0 Å². The number of halogens is 3. The average molecular weight is 400 g/mol. The van der Waals surface area contributed by atoms with Crippen LogP contribution in [0.3, 0.4) is 0 Å². The summed E-state index contributed by atoms with van der Waals surface area (Å²) >= 11 is 0. The van der Waals surface area contributed by atoms with Crippen molar-refractivity contribution in [2.24, 2.45) is 0 Å². The molecule has 1 aromatic carbocycles. The second-order valence-electron chi connectivity index (χ2n) is 5.69. The van der Waals surface area contributed by atoms with Gasteiger partial charge in [0.15, 0.2) is 6.61 Å². The van der Waals surface area contributed by atoms with Gasteiger partial charge in [0.25, 0.3) is 10.0 Å².